The fraction of sp³-hybridized carbons (Fsp3) is 0.438. The Morgan fingerprint density at radius 2 is 2.05 bits per heavy atom. The number of benzene rings is 1. The Morgan fingerprint density at radius 3 is 2.70 bits per heavy atom. The van der Waals surface area contributed by atoms with Crippen LogP contribution in [-0.4, -0.2) is 11.5 Å². The van der Waals surface area contributed by atoms with Gasteiger partial charge in [0.1, 0.15) is 0 Å². The first-order chi connectivity index (χ1) is 9.61. The highest BCUT2D eigenvalue weighted by molar-refractivity contribution is 6.41. The molecule has 1 fully saturated rings. The SMILES string of the molecule is CCCNc1cc(C2CC2)nc2c(Cl)cc(C)c(Cl)c12. The lowest BCUT2D eigenvalue weighted by atomic mass is 10.1. The van der Waals surface area contributed by atoms with Crippen LogP contribution in [0.25, 0.3) is 10.9 Å². The Hall–Kier alpha value is -0.990. The van der Waals surface area contributed by atoms with E-state index < -0.39 is 0 Å². The zero-order valence-electron chi connectivity index (χ0n) is 11.8. The molecule has 106 valence electrons. The molecule has 0 atom stereocenters. The largest absolute Gasteiger partial charge is 0.384 e. The maximum atomic E-state index is 6.49. The molecular weight excluding hydrogens is 291 g/mol. The molecular formula is C16H18Cl2N2. The summed E-state index contributed by atoms with van der Waals surface area (Å²) in [6, 6.07) is 4.05. The van der Waals surface area contributed by atoms with E-state index in [1.165, 1.54) is 12.8 Å². The first-order valence-corrected chi connectivity index (χ1v) is 7.90. The van der Waals surface area contributed by atoms with Crippen molar-refractivity contribution in [1.29, 1.82) is 0 Å². The molecule has 1 N–H and O–H groups in total. The van der Waals surface area contributed by atoms with E-state index in [0.717, 1.165) is 45.8 Å². The summed E-state index contributed by atoms with van der Waals surface area (Å²) in [7, 11) is 0. The minimum atomic E-state index is 0.595. The smallest absolute Gasteiger partial charge is 0.0927 e. The molecule has 0 spiro atoms. The van der Waals surface area contributed by atoms with Crippen LogP contribution < -0.4 is 5.32 Å². The lowest BCUT2D eigenvalue weighted by Crippen LogP contribution is -2.03. The topological polar surface area (TPSA) is 24.9 Å². The lowest BCUT2D eigenvalue weighted by Gasteiger charge is -2.14. The van der Waals surface area contributed by atoms with Gasteiger partial charge in [-0.1, -0.05) is 30.1 Å². The maximum absolute atomic E-state index is 6.49. The van der Waals surface area contributed by atoms with Crippen molar-refractivity contribution in [2.75, 3.05) is 11.9 Å². The summed E-state index contributed by atoms with van der Waals surface area (Å²) in [4.78, 5) is 4.75. The summed E-state index contributed by atoms with van der Waals surface area (Å²) in [6.07, 6.45) is 3.52. The first kappa shape index (κ1) is 14.0. The molecule has 0 amide bonds. The van der Waals surface area contributed by atoms with Crippen LogP contribution in [0.2, 0.25) is 10.0 Å². The van der Waals surface area contributed by atoms with Crippen molar-refractivity contribution < 1.29 is 0 Å². The van der Waals surface area contributed by atoms with Crippen LogP contribution in [0, 0.1) is 6.92 Å². The molecule has 0 saturated heterocycles. The molecule has 0 radical (unpaired) electrons. The van der Waals surface area contributed by atoms with Gasteiger partial charge < -0.3 is 5.32 Å². The lowest BCUT2D eigenvalue weighted by molar-refractivity contribution is 0.976. The van der Waals surface area contributed by atoms with Gasteiger partial charge in [-0.25, -0.2) is 0 Å². The molecule has 1 aromatic carbocycles. The van der Waals surface area contributed by atoms with Gasteiger partial charge in [0, 0.05) is 29.2 Å². The number of halogens is 2. The van der Waals surface area contributed by atoms with Crippen molar-refractivity contribution in [1.82, 2.24) is 4.98 Å². The van der Waals surface area contributed by atoms with Crippen molar-refractivity contribution in [2.45, 2.75) is 39.0 Å². The van der Waals surface area contributed by atoms with Crippen molar-refractivity contribution in [2.24, 2.45) is 0 Å². The van der Waals surface area contributed by atoms with Crippen molar-refractivity contribution in [3.8, 4) is 0 Å². The summed E-state index contributed by atoms with van der Waals surface area (Å²) < 4.78 is 0. The zero-order valence-corrected chi connectivity index (χ0v) is 13.3. The number of fused-ring (bicyclic) bond motifs is 1. The van der Waals surface area contributed by atoms with Gasteiger partial charge in [-0.2, -0.15) is 0 Å². The summed E-state index contributed by atoms with van der Waals surface area (Å²) in [5.41, 5.74) is 4.02. The molecule has 0 unspecified atom stereocenters. The number of nitrogens with one attached hydrogen (secondary N) is 1. The third kappa shape index (κ3) is 2.47. The normalized spacial score (nSPS) is 14.8. The van der Waals surface area contributed by atoms with Crippen LogP contribution in [0.1, 0.15) is 43.4 Å². The third-order valence-corrected chi connectivity index (χ3v) is 4.51. The second-order valence-corrected chi connectivity index (χ2v) is 6.29. The number of nitrogens with zero attached hydrogens (tertiary/aromatic N) is 1. The van der Waals surface area contributed by atoms with Gasteiger partial charge >= 0.3 is 0 Å². The van der Waals surface area contributed by atoms with Crippen molar-refractivity contribution >= 4 is 39.8 Å². The zero-order chi connectivity index (χ0) is 14.3. The second-order valence-electron chi connectivity index (χ2n) is 5.51. The van der Waals surface area contributed by atoms with Gasteiger partial charge in [0.25, 0.3) is 0 Å². The highest BCUT2D eigenvalue weighted by Crippen LogP contribution is 2.43. The maximum Gasteiger partial charge on any atom is 0.0927 e. The summed E-state index contributed by atoms with van der Waals surface area (Å²) in [5, 5.41) is 5.86. The highest BCUT2D eigenvalue weighted by atomic mass is 35.5. The third-order valence-electron chi connectivity index (χ3n) is 3.74. The Kier molecular flexibility index (Phi) is 3.78. The van der Waals surface area contributed by atoms with E-state index in [-0.39, 0.29) is 0 Å². The number of pyridine rings is 1. The van der Waals surface area contributed by atoms with E-state index in [1.807, 2.05) is 13.0 Å². The molecule has 3 rings (SSSR count). The molecule has 20 heavy (non-hydrogen) atoms. The molecule has 0 aliphatic heterocycles. The van der Waals surface area contributed by atoms with Gasteiger partial charge in [0.15, 0.2) is 0 Å². The molecule has 1 heterocycles. The Labute approximate surface area is 129 Å². The van der Waals surface area contributed by atoms with Crippen LogP contribution in [0.4, 0.5) is 5.69 Å². The fourth-order valence-electron chi connectivity index (χ4n) is 2.47. The molecule has 1 aliphatic rings. The van der Waals surface area contributed by atoms with E-state index in [9.17, 15) is 0 Å². The van der Waals surface area contributed by atoms with Gasteiger partial charge in [-0.05, 0) is 43.9 Å². The van der Waals surface area contributed by atoms with Crippen LogP contribution in [0.3, 0.4) is 0 Å². The van der Waals surface area contributed by atoms with Crippen molar-refractivity contribution in [3.05, 3.63) is 33.4 Å². The van der Waals surface area contributed by atoms with E-state index in [2.05, 4.69) is 18.3 Å². The number of aryl methyl sites for hydroxylation is 1. The van der Waals surface area contributed by atoms with Crippen LogP contribution in [0.5, 0.6) is 0 Å². The van der Waals surface area contributed by atoms with Crippen molar-refractivity contribution in [3.63, 3.8) is 0 Å². The number of anilines is 1. The van der Waals surface area contributed by atoms with Crippen LogP contribution in [0.15, 0.2) is 12.1 Å². The average Bonchev–Trinajstić information content (AvgIpc) is 3.26. The van der Waals surface area contributed by atoms with Crippen LogP contribution in [-0.2, 0) is 0 Å². The minimum Gasteiger partial charge on any atom is -0.384 e. The molecule has 2 nitrogen and oxygen atoms in total. The highest BCUT2D eigenvalue weighted by Gasteiger charge is 2.27. The van der Waals surface area contributed by atoms with E-state index in [0.29, 0.717) is 10.9 Å². The predicted molar refractivity (Wildman–Crippen MR) is 87.3 cm³/mol. The van der Waals surface area contributed by atoms with Gasteiger partial charge in [-0.3, -0.25) is 4.98 Å². The second kappa shape index (κ2) is 5.42. The number of aromatic nitrogens is 1. The van der Waals surface area contributed by atoms with E-state index in [1.54, 1.807) is 0 Å². The van der Waals surface area contributed by atoms with Gasteiger partial charge in [0.2, 0.25) is 0 Å². The molecule has 1 saturated carbocycles. The first-order valence-electron chi connectivity index (χ1n) is 7.15. The summed E-state index contributed by atoms with van der Waals surface area (Å²) >= 11 is 12.9. The molecule has 1 aliphatic carbocycles. The number of hydrogen-bond acceptors (Lipinski definition) is 2. The Bertz CT molecular complexity index is 663. The van der Waals surface area contributed by atoms with Gasteiger partial charge in [0.05, 0.1) is 15.6 Å². The number of hydrogen-bond donors (Lipinski definition) is 1. The van der Waals surface area contributed by atoms with E-state index in [4.69, 9.17) is 28.2 Å². The Morgan fingerprint density at radius 1 is 1.30 bits per heavy atom. The summed E-state index contributed by atoms with van der Waals surface area (Å²) in [6.45, 7) is 5.05. The van der Waals surface area contributed by atoms with Crippen LogP contribution >= 0.6 is 23.2 Å². The molecule has 1 aromatic heterocycles. The molecule has 4 heteroatoms. The Balaban J connectivity index is 2.25. The van der Waals surface area contributed by atoms with E-state index >= 15 is 0 Å². The number of rotatable bonds is 4. The standard InChI is InChI=1S/C16H18Cl2N2/c1-3-6-19-13-8-12(10-4-5-10)20-16-11(17)7-9(2)15(18)14(13)16/h7-8,10H,3-6H2,1-2H3,(H,19,20). The quantitative estimate of drug-likeness (QED) is 0.801. The monoisotopic (exact) mass is 308 g/mol. The summed E-state index contributed by atoms with van der Waals surface area (Å²) in [5.74, 6) is 0.595. The fourth-order valence-corrected chi connectivity index (χ4v) is 3.01. The average molecular weight is 309 g/mol. The predicted octanol–water partition coefficient (Wildman–Crippen LogP) is 5.55. The molecule has 2 aromatic rings. The molecule has 0 bridgehead atoms. The minimum absolute atomic E-state index is 0.595. The van der Waals surface area contributed by atoms with Gasteiger partial charge in [-0.15, -0.1) is 0 Å².